The van der Waals surface area contributed by atoms with E-state index >= 15 is 0 Å². The van der Waals surface area contributed by atoms with E-state index in [1.807, 2.05) is 0 Å². The molecule has 0 atom stereocenters. The first kappa shape index (κ1) is 15.1. The molecule has 0 amide bonds. The number of aromatic carboxylic acids is 1. The number of halogens is 3. The van der Waals surface area contributed by atoms with Crippen molar-refractivity contribution in [3.05, 3.63) is 41.5 Å². The van der Waals surface area contributed by atoms with Crippen LogP contribution in [0.5, 0.6) is 5.75 Å². The number of benzene rings is 1. The molecule has 6 heteroatoms. The molecule has 0 aliphatic carbocycles. The molecule has 0 spiro atoms. The fourth-order valence-electron chi connectivity index (χ4n) is 1.38. The Hall–Kier alpha value is -1.98. The lowest BCUT2D eigenvalue weighted by atomic mass is 10.1. The molecule has 3 nitrogen and oxygen atoms in total. The molecule has 0 heterocycles. The molecule has 1 aromatic carbocycles. The molecule has 0 saturated heterocycles. The Morgan fingerprint density at radius 2 is 2.05 bits per heavy atom. The number of carboxylic acid groups (broad SMARTS) is 1. The average molecular weight is 274 g/mol. The van der Waals surface area contributed by atoms with Crippen LogP contribution in [0.3, 0.4) is 0 Å². The van der Waals surface area contributed by atoms with Crippen LogP contribution in [0.15, 0.2) is 30.4 Å². The summed E-state index contributed by atoms with van der Waals surface area (Å²) in [5.41, 5.74) is -1.14. The smallest absolute Gasteiger partial charge is 0.417 e. The first-order chi connectivity index (χ1) is 8.71. The Bertz CT molecular complexity index is 492. The van der Waals surface area contributed by atoms with Gasteiger partial charge in [0.25, 0.3) is 0 Å². The summed E-state index contributed by atoms with van der Waals surface area (Å²) in [6.07, 6.45) is -4.16. The van der Waals surface area contributed by atoms with Crippen LogP contribution >= 0.6 is 0 Å². The Morgan fingerprint density at radius 3 is 2.53 bits per heavy atom. The second kappa shape index (κ2) is 5.77. The molecule has 104 valence electrons. The molecule has 1 aromatic rings. The fraction of sp³-hybridized carbons (Fsp3) is 0.308. The molecule has 0 aromatic heterocycles. The number of carboxylic acids is 1. The van der Waals surface area contributed by atoms with Crippen molar-refractivity contribution in [1.82, 2.24) is 0 Å². The van der Waals surface area contributed by atoms with Gasteiger partial charge < -0.3 is 9.84 Å². The van der Waals surface area contributed by atoms with Crippen molar-refractivity contribution >= 4 is 5.97 Å². The van der Waals surface area contributed by atoms with E-state index in [1.165, 1.54) is 0 Å². The van der Waals surface area contributed by atoms with E-state index < -0.39 is 23.3 Å². The number of alkyl halides is 3. The van der Waals surface area contributed by atoms with Gasteiger partial charge >= 0.3 is 12.1 Å². The summed E-state index contributed by atoms with van der Waals surface area (Å²) in [6, 6.07) is 2.69. The lowest BCUT2D eigenvalue weighted by Crippen LogP contribution is -2.13. The summed E-state index contributed by atoms with van der Waals surface area (Å²) in [5.74, 6) is -1.55. The van der Waals surface area contributed by atoms with Crippen molar-refractivity contribution in [3.8, 4) is 5.75 Å². The zero-order chi connectivity index (χ0) is 14.6. The maximum atomic E-state index is 12.6. The quantitative estimate of drug-likeness (QED) is 0.832. The number of ether oxygens (including phenoxy) is 1. The first-order valence-electron chi connectivity index (χ1n) is 5.43. The fourth-order valence-corrected chi connectivity index (χ4v) is 1.38. The van der Waals surface area contributed by atoms with Crippen molar-refractivity contribution < 1.29 is 27.8 Å². The van der Waals surface area contributed by atoms with Gasteiger partial charge in [0.05, 0.1) is 17.7 Å². The molecule has 0 radical (unpaired) electrons. The predicted molar refractivity (Wildman–Crippen MR) is 63.3 cm³/mol. The molecule has 0 aliphatic rings. The maximum Gasteiger partial charge on any atom is 0.417 e. The van der Waals surface area contributed by atoms with E-state index in [9.17, 15) is 18.0 Å². The van der Waals surface area contributed by atoms with Crippen LogP contribution in [-0.4, -0.2) is 17.7 Å². The normalized spacial score (nSPS) is 11.2. The molecule has 0 fully saturated rings. The summed E-state index contributed by atoms with van der Waals surface area (Å²) in [5, 5.41) is 8.80. The predicted octanol–water partition coefficient (Wildman–Crippen LogP) is 3.75. The van der Waals surface area contributed by atoms with E-state index in [1.54, 1.807) is 6.92 Å². The lowest BCUT2D eigenvalue weighted by Gasteiger charge is -2.12. The molecular formula is C13H13F3O3. The first-order valence-corrected chi connectivity index (χ1v) is 5.43. The lowest BCUT2D eigenvalue weighted by molar-refractivity contribution is -0.138. The molecule has 0 unspecified atom stereocenters. The zero-order valence-corrected chi connectivity index (χ0v) is 10.3. The molecule has 19 heavy (non-hydrogen) atoms. The zero-order valence-electron chi connectivity index (χ0n) is 10.3. The summed E-state index contributed by atoms with van der Waals surface area (Å²) in [4.78, 5) is 10.8. The minimum Gasteiger partial charge on any atom is -0.493 e. The Morgan fingerprint density at radius 1 is 1.42 bits per heavy atom. The second-order valence-electron chi connectivity index (χ2n) is 4.07. The standard InChI is InChI=1S/C13H13F3O3/c1-8(2)5-6-19-9-3-4-11(13(14,15)16)10(7-9)12(17)18/h3-4,7H,1,5-6H2,2H3,(H,17,18). The van der Waals surface area contributed by atoms with E-state index in [-0.39, 0.29) is 12.4 Å². The van der Waals surface area contributed by atoms with Crippen LogP contribution in [-0.2, 0) is 6.18 Å². The summed E-state index contributed by atoms with van der Waals surface area (Å²) in [6.45, 7) is 5.68. The van der Waals surface area contributed by atoms with Crippen LogP contribution < -0.4 is 4.74 Å². The van der Waals surface area contributed by atoms with Crippen LogP contribution in [0, 0.1) is 0 Å². The number of carbonyl (C=O) groups is 1. The van der Waals surface area contributed by atoms with E-state index in [0.29, 0.717) is 12.5 Å². The molecule has 1 rings (SSSR count). The summed E-state index contributed by atoms with van der Waals surface area (Å²) < 4.78 is 42.9. The Kier molecular flexibility index (Phi) is 4.58. The highest BCUT2D eigenvalue weighted by Crippen LogP contribution is 2.33. The van der Waals surface area contributed by atoms with Gasteiger partial charge in [0.15, 0.2) is 0 Å². The monoisotopic (exact) mass is 274 g/mol. The molecule has 0 bridgehead atoms. The van der Waals surface area contributed by atoms with Crippen molar-refractivity contribution in [2.24, 2.45) is 0 Å². The number of hydrogen-bond donors (Lipinski definition) is 1. The van der Waals surface area contributed by atoms with Gasteiger partial charge in [0, 0.05) is 6.42 Å². The highest BCUT2D eigenvalue weighted by Gasteiger charge is 2.35. The van der Waals surface area contributed by atoms with Crippen molar-refractivity contribution in [2.45, 2.75) is 19.5 Å². The Labute approximate surface area is 108 Å². The molecular weight excluding hydrogens is 261 g/mol. The van der Waals surface area contributed by atoms with Gasteiger partial charge in [-0.1, -0.05) is 5.57 Å². The third-order valence-electron chi connectivity index (χ3n) is 2.32. The van der Waals surface area contributed by atoms with E-state index in [2.05, 4.69) is 6.58 Å². The average Bonchev–Trinajstić information content (AvgIpc) is 2.26. The SMILES string of the molecule is C=C(C)CCOc1ccc(C(F)(F)F)c(C(=O)O)c1. The third-order valence-corrected chi connectivity index (χ3v) is 2.32. The Balaban J connectivity index is 2.97. The van der Waals surface area contributed by atoms with Crippen molar-refractivity contribution in [3.63, 3.8) is 0 Å². The highest BCUT2D eigenvalue weighted by atomic mass is 19.4. The van der Waals surface area contributed by atoms with Gasteiger partial charge in [-0.05, 0) is 25.1 Å². The van der Waals surface area contributed by atoms with Gasteiger partial charge in [0.2, 0.25) is 0 Å². The highest BCUT2D eigenvalue weighted by molar-refractivity contribution is 5.90. The van der Waals surface area contributed by atoms with Crippen LogP contribution in [0.4, 0.5) is 13.2 Å². The topological polar surface area (TPSA) is 46.5 Å². The van der Waals surface area contributed by atoms with Gasteiger partial charge in [-0.3, -0.25) is 0 Å². The minimum absolute atomic E-state index is 0.0895. The number of rotatable bonds is 5. The molecule has 0 aliphatic heterocycles. The van der Waals surface area contributed by atoms with Crippen LogP contribution in [0.25, 0.3) is 0 Å². The molecule has 0 saturated carbocycles. The van der Waals surface area contributed by atoms with Gasteiger partial charge in [-0.25, -0.2) is 4.79 Å². The van der Waals surface area contributed by atoms with E-state index in [0.717, 1.165) is 17.7 Å². The largest absolute Gasteiger partial charge is 0.493 e. The maximum absolute atomic E-state index is 12.6. The van der Waals surface area contributed by atoms with Gasteiger partial charge in [-0.15, -0.1) is 6.58 Å². The van der Waals surface area contributed by atoms with Gasteiger partial charge in [-0.2, -0.15) is 13.2 Å². The molecule has 1 N–H and O–H groups in total. The van der Waals surface area contributed by atoms with Crippen molar-refractivity contribution in [1.29, 1.82) is 0 Å². The summed E-state index contributed by atoms with van der Waals surface area (Å²) >= 11 is 0. The van der Waals surface area contributed by atoms with Gasteiger partial charge in [0.1, 0.15) is 5.75 Å². The van der Waals surface area contributed by atoms with Crippen LogP contribution in [0.2, 0.25) is 0 Å². The minimum atomic E-state index is -4.70. The summed E-state index contributed by atoms with van der Waals surface area (Å²) in [7, 11) is 0. The van der Waals surface area contributed by atoms with Crippen LogP contribution in [0.1, 0.15) is 29.3 Å². The van der Waals surface area contributed by atoms with Crippen molar-refractivity contribution in [2.75, 3.05) is 6.61 Å². The van der Waals surface area contributed by atoms with E-state index in [4.69, 9.17) is 9.84 Å². The second-order valence-corrected chi connectivity index (χ2v) is 4.07. The third kappa shape index (κ3) is 4.31. The number of hydrogen-bond acceptors (Lipinski definition) is 2.